The number of hydrogen-bond donors (Lipinski definition) is 2. The summed E-state index contributed by atoms with van der Waals surface area (Å²) in [5.74, 6) is 1.64. The summed E-state index contributed by atoms with van der Waals surface area (Å²) in [6.45, 7) is 0.538. The van der Waals surface area contributed by atoms with Gasteiger partial charge in [-0.2, -0.15) is 4.40 Å². The molecule has 1 amide bonds. The molecule has 0 saturated heterocycles. The highest BCUT2D eigenvalue weighted by Gasteiger charge is 2.35. The number of aromatic nitrogens is 2. The molecule has 2 N–H and O–H groups in total. The molecule has 110 valence electrons. The van der Waals surface area contributed by atoms with Gasteiger partial charge in [0.05, 0.1) is 12.1 Å². The number of benzene rings is 1. The van der Waals surface area contributed by atoms with E-state index in [2.05, 4.69) is 14.7 Å². The van der Waals surface area contributed by atoms with E-state index in [0.29, 0.717) is 18.2 Å². The van der Waals surface area contributed by atoms with E-state index >= 15 is 0 Å². The Bertz CT molecular complexity index is 819. The van der Waals surface area contributed by atoms with E-state index < -0.39 is 0 Å². The van der Waals surface area contributed by atoms with Gasteiger partial charge in [-0.25, -0.2) is 4.98 Å². The van der Waals surface area contributed by atoms with Crippen molar-refractivity contribution in [1.29, 1.82) is 0 Å². The van der Waals surface area contributed by atoms with E-state index in [-0.39, 0.29) is 5.91 Å². The van der Waals surface area contributed by atoms with Crippen LogP contribution in [0, 0.1) is 0 Å². The molecule has 1 aliphatic carbocycles. The third kappa shape index (κ3) is 2.37. The summed E-state index contributed by atoms with van der Waals surface area (Å²) >= 11 is 0. The third-order valence-electron chi connectivity index (χ3n) is 4.12. The van der Waals surface area contributed by atoms with Gasteiger partial charge < -0.3 is 5.32 Å². The van der Waals surface area contributed by atoms with E-state index in [1.807, 2.05) is 54.7 Å². The lowest BCUT2D eigenvalue weighted by molar-refractivity contribution is -0.521. The number of fused-ring (bicyclic) bond motifs is 1. The number of hydrogen-bond acceptors (Lipinski definition) is 1. The van der Waals surface area contributed by atoms with Crippen LogP contribution < -0.4 is 9.72 Å². The summed E-state index contributed by atoms with van der Waals surface area (Å²) in [5, 5.41) is 3.00. The first kappa shape index (κ1) is 13.1. The van der Waals surface area contributed by atoms with Crippen molar-refractivity contribution in [3.05, 3.63) is 71.8 Å². The molecule has 1 aliphatic rings. The average Bonchev–Trinajstić information content (AvgIpc) is 3.34. The second-order valence-corrected chi connectivity index (χ2v) is 5.78. The Kier molecular flexibility index (Phi) is 3.15. The molecule has 2 heterocycles. The summed E-state index contributed by atoms with van der Waals surface area (Å²) < 4.78 is 2.11. The zero-order valence-corrected chi connectivity index (χ0v) is 12.3. The highest BCUT2D eigenvalue weighted by Crippen LogP contribution is 2.37. The van der Waals surface area contributed by atoms with Crippen LogP contribution >= 0.6 is 0 Å². The van der Waals surface area contributed by atoms with Crippen molar-refractivity contribution in [3.8, 4) is 0 Å². The number of pyridine rings is 1. The van der Waals surface area contributed by atoms with Crippen LogP contribution in [0.15, 0.2) is 54.7 Å². The predicted molar refractivity (Wildman–Crippen MR) is 83.5 cm³/mol. The molecule has 0 bridgehead atoms. The van der Waals surface area contributed by atoms with Crippen LogP contribution in [0.1, 0.15) is 40.6 Å². The van der Waals surface area contributed by atoms with Crippen LogP contribution in [0.3, 0.4) is 0 Å². The van der Waals surface area contributed by atoms with E-state index in [0.717, 1.165) is 16.9 Å². The summed E-state index contributed by atoms with van der Waals surface area (Å²) in [6.07, 6.45) is 4.42. The molecular formula is C18H18N3O+. The fourth-order valence-electron chi connectivity index (χ4n) is 2.80. The number of amides is 1. The standard InChI is InChI=1S/C18H17N3O/c22-18(19-12-13-6-2-1-3-7-13)16-15-8-4-5-11-21(15)17(20-16)14-9-10-14/h1-8,11,14H,9-10,12H2,(H,19,22)/p+1. The number of carbonyl (C=O) groups is 1. The largest absolute Gasteiger partial charge is 0.345 e. The second-order valence-electron chi connectivity index (χ2n) is 5.78. The van der Waals surface area contributed by atoms with Crippen molar-refractivity contribution in [2.75, 3.05) is 0 Å². The monoisotopic (exact) mass is 292 g/mol. The van der Waals surface area contributed by atoms with E-state index in [9.17, 15) is 4.79 Å². The molecule has 0 radical (unpaired) electrons. The van der Waals surface area contributed by atoms with Crippen molar-refractivity contribution in [2.45, 2.75) is 25.3 Å². The minimum Gasteiger partial charge on any atom is -0.345 e. The first-order valence-corrected chi connectivity index (χ1v) is 7.67. The number of carbonyl (C=O) groups excluding carboxylic acids is 1. The van der Waals surface area contributed by atoms with Gasteiger partial charge in [-0.1, -0.05) is 36.4 Å². The van der Waals surface area contributed by atoms with Crippen molar-refractivity contribution in [3.63, 3.8) is 0 Å². The molecule has 1 aromatic carbocycles. The van der Waals surface area contributed by atoms with Crippen LogP contribution in [0.25, 0.3) is 5.52 Å². The fourth-order valence-corrected chi connectivity index (χ4v) is 2.80. The Balaban J connectivity index is 1.61. The molecule has 3 aromatic rings. The van der Waals surface area contributed by atoms with Gasteiger partial charge in [-0.3, -0.25) is 4.79 Å². The lowest BCUT2D eigenvalue weighted by atomic mass is 10.2. The molecule has 0 aliphatic heterocycles. The lowest BCUT2D eigenvalue weighted by Crippen LogP contribution is -2.25. The molecule has 4 rings (SSSR count). The zero-order valence-electron chi connectivity index (χ0n) is 12.3. The predicted octanol–water partition coefficient (Wildman–Crippen LogP) is 2.56. The van der Waals surface area contributed by atoms with E-state index in [1.165, 1.54) is 12.8 Å². The SMILES string of the molecule is O=C(NCc1ccccc1)c1[nH]c(C2CC2)[n+]2ccccc12. The number of imidazole rings is 1. The van der Waals surface area contributed by atoms with Crippen LogP contribution in [0.4, 0.5) is 0 Å². The molecule has 0 unspecified atom stereocenters. The van der Waals surface area contributed by atoms with Gasteiger partial charge in [0.1, 0.15) is 0 Å². The fraction of sp³-hybridized carbons (Fsp3) is 0.222. The number of aromatic amines is 1. The quantitative estimate of drug-likeness (QED) is 0.713. The normalized spacial score (nSPS) is 14.2. The molecule has 1 saturated carbocycles. The lowest BCUT2D eigenvalue weighted by Gasteiger charge is -2.02. The highest BCUT2D eigenvalue weighted by molar-refractivity contribution is 5.97. The van der Waals surface area contributed by atoms with Gasteiger partial charge in [0.2, 0.25) is 5.69 Å². The van der Waals surface area contributed by atoms with Gasteiger partial charge >= 0.3 is 0 Å². The van der Waals surface area contributed by atoms with Gasteiger partial charge in [0, 0.05) is 6.54 Å². The topological polar surface area (TPSA) is 49.0 Å². The summed E-state index contributed by atoms with van der Waals surface area (Å²) in [5.41, 5.74) is 2.69. The Morgan fingerprint density at radius 2 is 1.91 bits per heavy atom. The maximum Gasteiger partial charge on any atom is 0.295 e. The summed E-state index contributed by atoms with van der Waals surface area (Å²) in [7, 11) is 0. The van der Waals surface area contributed by atoms with Gasteiger partial charge in [-0.05, 0) is 30.5 Å². The minimum atomic E-state index is -0.0561. The number of rotatable bonds is 4. The zero-order chi connectivity index (χ0) is 14.9. The second kappa shape index (κ2) is 5.30. The smallest absolute Gasteiger partial charge is 0.295 e. The van der Waals surface area contributed by atoms with Gasteiger partial charge in [0.25, 0.3) is 11.7 Å². The third-order valence-corrected chi connectivity index (χ3v) is 4.12. The number of nitrogens with one attached hydrogen (secondary N) is 2. The molecule has 22 heavy (non-hydrogen) atoms. The first-order valence-electron chi connectivity index (χ1n) is 7.67. The van der Waals surface area contributed by atoms with Crippen LogP contribution in [0.2, 0.25) is 0 Å². The molecular weight excluding hydrogens is 274 g/mol. The highest BCUT2D eigenvalue weighted by atomic mass is 16.1. The Morgan fingerprint density at radius 3 is 2.68 bits per heavy atom. The minimum absolute atomic E-state index is 0.0561. The van der Waals surface area contributed by atoms with Crippen LogP contribution in [-0.4, -0.2) is 10.9 Å². The maximum absolute atomic E-state index is 12.5. The molecule has 0 spiro atoms. The summed E-state index contributed by atoms with van der Waals surface area (Å²) in [6, 6.07) is 15.9. The molecule has 0 atom stereocenters. The molecule has 4 heteroatoms. The van der Waals surface area contributed by atoms with E-state index in [4.69, 9.17) is 0 Å². The Hall–Kier alpha value is -2.62. The van der Waals surface area contributed by atoms with Crippen molar-refractivity contribution in [2.24, 2.45) is 0 Å². The van der Waals surface area contributed by atoms with Crippen LogP contribution in [0.5, 0.6) is 0 Å². The number of H-pyrrole nitrogens is 1. The van der Waals surface area contributed by atoms with Gasteiger partial charge in [-0.15, -0.1) is 0 Å². The van der Waals surface area contributed by atoms with Gasteiger partial charge in [0.15, 0.2) is 5.52 Å². The van der Waals surface area contributed by atoms with Crippen molar-refractivity contribution < 1.29 is 9.20 Å². The Morgan fingerprint density at radius 1 is 1.14 bits per heavy atom. The maximum atomic E-state index is 12.5. The summed E-state index contributed by atoms with van der Waals surface area (Å²) in [4.78, 5) is 15.9. The Labute approximate surface area is 128 Å². The van der Waals surface area contributed by atoms with Crippen molar-refractivity contribution >= 4 is 11.4 Å². The molecule has 1 fully saturated rings. The molecule has 2 aromatic heterocycles. The van der Waals surface area contributed by atoms with E-state index in [1.54, 1.807) is 0 Å². The van der Waals surface area contributed by atoms with Crippen LogP contribution in [-0.2, 0) is 6.54 Å². The molecule has 4 nitrogen and oxygen atoms in total. The first-order chi connectivity index (χ1) is 10.8. The average molecular weight is 292 g/mol. The van der Waals surface area contributed by atoms with Crippen molar-refractivity contribution in [1.82, 2.24) is 10.3 Å². The number of nitrogens with zero attached hydrogens (tertiary/aromatic N) is 1.